The molecule has 90 valence electrons. The smallest absolute Gasteiger partial charge is 0.261 e. The minimum absolute atomic E-state index is 0.164. The van der Waals surface area contributed by atoms with Gasteiger partial charge < -0.3 is 0 Å². The van der Waals surface area contributed by atoms with Gasteiger partial charge in [-0.25, -0.2) is 4.98 Å². The molecule has 0 saturated carbocycles. The third-order valence-electron chi connectivity index (χ3n) is 2.60. The van der Waals surface area contributed by atoms with Crippen molar-refractivity contribution in [2.45, 2.75) is 27.7 Å². The second kappa shape index (κ2) is 4.29. The van der Waals surface area contributed by atoms with Crippen LogP contribution in [-0.4, -0.2) is 21.1 Å². The average molecular weight is 250 g/mol. The van der Waals surface area contributed by atoms with Crippen LogP contribution < -0.4 is 5.32 Å². The van der Waals surface area contributed by atoms with Crippen molar-refractivity contribution in [1.29, 1.82) is 0 Å². The molecule has 0 aliphatic heterocycles. The minimum Gasteiger partial charge on any atom is -0.298 e. The predicted molar refractivity (Wildman–Crippen MR) is 67.6 cm³/mol. The van der Waals surface area contributed by atoms with Gasteiger partial charge in [0.15, 0.2) is 5.13 Å². The van der Waals surface area contributed by atoms with Crippen LogP contribution in [0.3, 0.4) is 0 Å². The number of aryl methyl sites for hydroxylation is 4. The van der Waals surface area contributed by atoms with Gasteiger partial charge in [-0.1, -0.05) is 0 Å². The Morgan fingerprint density at radius 3 is 2.41 bits per heavy atom. The van der Waals surface area contributed by atoms with Crippen molar-refractivity contribution < 1.29 is 4.79 Å². The van der Waals surface area contributed by atoms with E-state index in [0.29, 0.717) is 16.4 Å². The summed E-state index contributed by atoms with van der Waals surface area (Å²) in [6.07, 6.45) is 0. The van der Waals surface area contributed by atoms with E-state index in [1.807, 2.05) is 20.8 Å². The Morgan fingerprint density at radius 1 is 1.24 bits per heavy atom. The number of hydrogen-bond donors (Lipinski definition) is 2. The van der Waals surface area contributed by atoms with Crippen molar-refractivity contribution in [1.82, 2.24) is 15.2 Å². The van der Waals surface area contributed by atoms with Crippen LogP contribution in [0, 0.1) is 27.7 Å². The molecule has 0 aliphatic rings. The SMILES string of the molecule is Cc1nc(NC(=O)c2c(C)n[nH]c2C)sc1C. The average Bonchev–Trinajstić information content (AvgIpc) is 2.72. The Morgan fingerprint density at radius 2 is 1.94 bits per heavy atom. The van der Waals surface area contributed by atoms with Crippen LogP contribution in [0.1, 0.15) is 32.3 Å². The number of nitrogens with zero attached hydrogens (tertiary/aromatic N) is 2. The van der Waals surface area contributed by atoms with Crippen LogP contribution in [-0.2, 0) is 0 Å². The van der Waals surface area contributed by atoms with Gasteiger partial charge in [0.2, 0.25) is 0 Å². The van der Waals surface area contributed by atoms with Crippen LogP contribution in [0.2, 0.25) is 0 Å². The van der Waals surface area contributed by atoms with E-state index in [-0.39, 0.29) is 5.91 Å². The summed E-state index contributed by atoms with van der Waals surface area (Å²) in [5.74, 6) is -0.164. The Hall–Kier alpha value is -1.69. The molecule has 0 aromatic carbocycles. The molecular formula is C11H14N4OS. The molecule has 2 aromatic heterocycles. The number of nitrogens with one attached hydrogen (secondary N) is 2. The van der Waals surface area contributed by atoms with E-state index < -0.39 is 0 Å². The lowest BCUT2D eigenvalue weighted by Gasteiger charge is -2.00. The molecule has 0 fully saturated rings. The number of H-pyrrole nitrogens is 1. The topological polar surface area (TPSA) is 70.7 Å². The Kier molecular flexibility index (Phi) is 2.97. The second-order valence-corrected chi connectivity index (χ2v) is 5.13. The number of rotatable bonds is 2. The van der Waals surface area contributed by atoms with Crippen molar-refractivity contribution in [3.63, 3.8) is 0 Å². The first-order chi connectivity index (χ1) is 7.99. The zero-order chi connectivity index (χ0) is 12.6. The third-order valence-corrected chi connectivity index (χ3v) is 3.59. The van der Waals surface area contributed by atoms with Gasteiger partial charge in [0.1, 0.15) is 0 Å². The molecule has 1 amide bonds. The van der Waals surface area contributed by atoms with E-state index in [9.17, 15) is 4.79 Å². The molecule has 2 heterocycles. The van der Waals surface area contributed by atoms with Gasteiger partial charge in [-0.05, 0) is 27.7 Å². The molecular weight excluding hydrogens is 236 g/mol. The standard InChI is InChI=1S/C11H14N4OS/c1-5-8(4)17-11(12-5)13-10(16)9-6(2)14-15-7(9)3/h1-4H3,(H,14,15)(H,12,13,16). The van der Waals surface area contributed by atoms with Crippen molar-refractivity contribution in [3.05, 3.63) is 27.5 Å². The van der Waals surface area contributed by atoms with Gasteiger partial charge in [-0.3, -0.25) is 15.2 Å². The van der Waals surface area contributed by atoms with Crippen molar-refractivity contribution in [3.8, 4) is 0 Å². The summed E-state index contributed by atoms with van der Waals surface area (Å²) in [6, 6.07) is 0. The lowest BCUT2D eigenvalue weighted by atomic mass is 10.2. The molecule has 0 saturated heterocycles. The first kappa shape index (κ1) is 11.8. The zero-order valence-corrected chi connectivity index (χ0v) is 11.0. The highest BCUT2D eigenvalue weighted by molar-refractivity contribution is 7.15. The summed E-state index contributed by atoms with van der Waals surface area (Å²) in [7, 11) is 0. The largest absolute Gasteiger partial charge is 0.298 e. The fraction of sp³-hybridized carbons (Fsp3) is 0.364. The lowest BCUT2D eigenvalue weighted by molar-refractivity contribution is 0.102. The summed E-state index contributed by atoms with van der Waals surface area (Å²) >= 11 is 1.48. The molecule has 2 aromatic rings. The minimum atomic E-state index is -0.164. The van der Waals surface area contributed by atoms with E-state index in [4.69, 9.17) is 0 Å². The van der Waals surface area contributed by atoms with Crippen molar-refractivity contribution in [2.75, 3.05) is 5.32 Å². The normalized spacial score (nSPS) is 10.6. The molecule has 0 spiro atoms. The number of hydrogen-bond acceptors (Lipinski definition) is 4. The fourth-order valence-corrected chi connectivity index (χ4v) is 2.38. The van der Waals surface area contributed by atoms with Crippen LogP contribution in [0.5, 0.6) is 0 Å². The molecule has 0 aliphatic carbocycles. The first-order valence-electron chi connectivity index (χ1n) is 5.26. The number of amides is 1. The van der Waals surface area contributed by atoms with Crippen LogP contribution in [0.4, 0.5) is 5.13 Å². The summed E-state index contributed by atoms with van der Waals surface area (Å²) in [6.45, 7) is 7.54. The molecule has 0 bridgehead atoms. The highest BCUT2D eigenvalue weighted by atomic mass is 32.1. The quantitative estimate of drug-likeness (QED) is 0.859. The summed E-state index contributed by atoms with van der Waals surface area (Å²) in [5, 5.41) is 10.2. The Balaban J connectivity index is 2.23. The van der Waals surface area contributed by atoms with Crippen LogP contribution in [0.15, 0.2) is 0 Å². The van der Waals surface area contributed by atoms with E-state index in [1.54, 1.807) is 6.92 Å². The second-order valence-electron chi connectivity index (χ2n) is 3.92. The third kappa shape index (κ3) is 2.21. The summed E-state index contributed by atoms with van der Waals surface area (Å²) in [5.41, 5.74) is 3.01. The molecule has 0 atom stereocenters. The molecule has 5 nitrogen and oxygen atoms in total. The summed E-state index contributed by atoms with van der Waals surface area (Å²) in [4.78, 5) is 17.4. The number of carbonyl (C=O) groups excluding carboxylic acids is 1. The number of aromatic nitrogens is 3. The van der Waals surface area contributed by atoms with E-state index in [0.717, 1.165) is 16.3 Å². The number of carbonyl (C=O) groups is 1. The maximum atomic E-state index is 12.0. The van der Waals surface area contributed by atoms with E-state index in [2.05, 4.69) is 20.5 Å². The first-order valence-corrected chi connectivity index (χ1v) is 6.07. The summed E-state index contributed by atoms with van der Waals surface area (Å²) < 4.78 is 0. The monoisotopic (exact) mass is 250 g/mol. The van der Waals surface area contributed by atoms with Gasteiger partial charge in [-0.2, -0.15) is 5.10 Å². The van der Waals surface area contributed by atoms with Gasteiger partial charge >= 0.3 is 0 Å². The highest BCUT2D eigenvalue weighted by Crippen LogP contribution is 2.22. The number of aromatic amines is 1. The van der Waals surface area contributed by atoms with Crippen molar-refractivity contribution >= 4 is 22.4 Å². The number of thiazole rings is 1. The fourth-order valence-electron chi connectivity index (χ4n) is 1.57. The van der Waals surface area contributed by atoms with Gasteiger partial charge in [0.05, 0.1) is 17.0 Å². The van der Waals surface area contributed by atoms with Gasteiger partial charge in [-0.15, -0.1) is 11.3 Å². The Bertz CT molecular complexity index is 531. The lowest BCUT2D eigenvalue weighted by Crippen LogP contribution is -2.13. The molecule has 2 rings (SSSR count). The number of anilines is 1. The van der Waals surface area contributed by atoms with Crippen LogP contribution >= 0.6 is 11.3 Å². The maximum Gasteiger partial charge on any atom is 0.261 e. The molecule has 17 heavy (non-hydrogen) atoms. The molecule has 0 unspecified atom stereocenters. The maximum absolute atomic E-state index is 12.0. The van der Waals surface area contributed by atoms with Gasteiger partial charge in [0, 0.05) is 10.6 Å². The highest BCUT2D eigenvalue weighted by Gasteiger charge is 2.16. The van der Waals surface area contributed by atoms with E-state index >= 15 is 0 Å². The predicted octanol–water partition coefficient (Wildman–Crippen LogP) is 2.35. The Labute approximate surface area is 103 Å². The van der Waals surface area contributed by atoms with E-state index in [1.165, 1.54) is 11.3 Å². The van der Waals surface area contributed by atoms with Crippen LogP contribution in [0.25, 0.3) is 0 Å². The molecule has 6 heteroatoms. The van der Waals surface area contributed by atoms with Gasteiger partial charge in [0.25, 0.3) is 5.91 Å². The zero-order valence-electron chi connectivity index (χ0n) is 10.2. The van der Waals surface area contributed by atoms with Crippen molar-refractivity contribution in [2.24, 2.45) is 0 Å². The molecule has 2 N–H and O–H groups in total. The molecule has 0 radical (unpaired) electrons.